The van der Waals surface area contributed by atoms with E-state index in [-0.39, 0.29) is 29.6 Å². The van der Waals surface area contributed by atoms with Gasteiger partial charge >= 0.3 is 0 Å². The van der Waals surface area contributed by atoms with Crippen molar-refractivity contribution >= 4 is 17.4 Å². The van der Waals surface area contributed by atoms with Crippen molar-refractivity contribution in [1.29, 1.82) is 0 Å². The second kappa shape index (κ2) is 10.4. The first-order valence-corrected chi connectivity index (χ1v) is 12.1. The van der Waals surface area contributed by atoms with Crippen LogP contribution in [-0.4, -0.2) is 28.3 Å². The molecule has 4 rings (SSSR count). The number of halogens is 1. The summed E-state index contributed by atoms with van der Waals surface area (Å²) in [5.41, 5.74) is 3.73. The fraction of sp³-hybridized carbons (Fsp3) is 0.267. The summed E-state index contributed by atoms with van der Waals surface area (Å²) in [6, 6.07) is 17.8. The molecule has 1 unspecified atom stereocenters. The van der Waals surface area contributed by atoms with Crippen LogP contribution in [0.1, 0.15) is 60.5 Å². The third kappa shape index (κ3) is 4.89. The Labute approximate surface area is 210 Å². The van der Waals surface area contributed by atoms with Crippen molar-refractivity contribution in [3.05, 3.63) is 106 Å². The summed E-state index contributed by atoms with van der Waals surface area (Å²) in [6.07, 6.45) is 0. The Hall–Kier alpha value is -3.93. The van der Waals surface area contributed by atoms with Gasteiger partial charge in [-0.3, -0.25) is 9.59 Å². The van der Waals surface area contributed by atoms with Crippen LogP contribution in [0.2, 0.25) is 0 Å². The van der Waals surface area contributed by atoms with Crippen LogP contribution in [0.3, 0.4) is 0 Å². The van der Waals surface area contributed by atoms with Crippen molar-refractivity contribution in [3.8, 4) is 5.75 Å². The van der Waals surface area contributed by atoms with Crippen LogP contribution >= 0.6 is 0 Å². The summed E-state index contributed by atoms with van der Waals surface area (Å²) in [4.78, 5) is 28.0. The molecule has 0 spiro atoms. The van der Waals surface area contributed by atoms with Crippen molar-refractivity contribution in [3.63, 3.8) is 0 Å². The Kier molecular flexibility index (Phi) is 7.25. The Morgan fingerprint density at radius 1 is 1.06 bits per heavy atom. The zero-order valence-electron chi connectivity index (χ0n) is 20.9. The highest BCUT2D eigenvalue weighted by Gasteiger charge is 2.46. The molecule has 5 nitrogen and oxygen atoms in total. The van der Waals surface area contributed by atoms with E-state index in [1.54, 1.807) is 24.3 Å². The molecule has 1 heterocycles. The summed E-state index contributed by atoms with van der Waals surface area (Å²) in [5, 5.41) is 11.4. The highest BCUT2D eigenvalue weighted by Crippen LogP contribution is 2.41. The predicted molar refractivity (Wildman–Crippen MR) is 137 cm³/mol. The largest absolute Gasteiger partial charge is 0.507 e. The molecule has 0 saturated carbocycles. The van der Waals surface area contributed by atoms with Crippen LogP contribution in [-0.2, 0) is 16.1 Å². The van der Waals surface area contributed by atoms with E-state index in [4.69, 9.17) is 4.74 Å². The summed E-state index contributed by atoms with van der Waals surface area (Å²) in [7, 11) is 0. The molecule has 1 aliphatic heterocycles. The quantitative estimate of drug-likeness (QED) is 0.242. The van der Waals surface area contributed by atoms with Gasteiger partial charge in [-0.15, -0.1) is 0 Å². The SMILES string of the molecule is CCOc1ccc(/C(O)=C2/C(=O)C(=O)N(Cc3ccc(F)cc3)C2c2cccc(C)c2)cc1C(C)C. The van der Waals surface area contributed by atoms with Gasteiger partial charge in [0.15, 0.2) is 0 Å². The molecule has 1 amide bonds. The van der Waals surface area contributed by atoms with Crippen molar-refractivity contribution < 1.29 is 23.8 Å². The highest BCUT2D eigenvalue weighted by molar-refractivity contribution is 6.46. The third-order valence-electron chi connectivity index (χ3n) is 6.37. The molecule has 36 heavy (non-hydrogen) atoms. The number of amides is 1. The lowest BCUT2D eigenvalue weighted by Crippen LogP contribution is -2.29. The van der Waals surface area contributed by atoms with Crippen LogP contribution in [0.4, 0.5) is 4.39 Å². The first-order chi connectivity index (χ1) is 17.2. The summed E-state index contributed by atoms with van der Waals surface area (Å²) < 4.78 is 19.2. The van der Waals surface area contributed by atoms with Gasteiger partial charge in [0, 0.05) is 12.1 Å². The number of ketones is 1. The molecule has 1 atom stereocenters. The zero-order valence-corrected chi connectivity index (χ0v) is 20.9. The fourth-order valence-corrected chi connectivity index (χ4v) is 4.61. The number of aryl methyl sites for hydroxylation is 1. The van der Waals surface area contributed by atoms with Crippen LogP contribution < -0.4 is 4.74 Å². The number of aliphatic hydroxyl groups excluding tert-OH is 1. The van der Waals surface area contributed by atoms with E-state index in [2.05, 4.69) is 0 Å². The number of hydrogen-bond acceptors (Lipinski definition) is 4. The third-order valence-corrected chi connectivity index (χ3v) is 6.37. The minimum atomic E-state index is -0.788. The normalized spacial score (nSPS) is 17.2. The first-order valence-electron chi connectivity index (χ1n) is 12.1. The molecule has 1 N–H and O–H groups in total. The second-order valence-electron chi connectivity index (χ2n) is 9.31. The summed E-state index contributed by atoms with van der Waals surface area (Å²) >= 11 is 0. The van der Waals surface area contributed by atoms with Gasteiger partial charge < -0.3 is 14.7 Å². The average molecular weight is 488 g/mol. The van der Waals surface area contributed by atoms with Gasteiger partial charge in [-0.2, -0.15) is 0 Å². The lowest BCUT2D eigenvalue weighted by molar-refractivity contribution is -0.140. The Bertz CT molecular complexity index is 1330. The van der Waals surface area contributed by atoms with Gasteiger partial charge in [0.2, 0.25) is 0 Å². The summed E-state index contributed by atoms with van der Waals surface area (Å²) in [6.45, 7) is 8.49. The number of benzene rings is 3. The summed E-state index contributed by atoms with van der Waals surface area (Å²) in [5.74, 6) is -1.23. The zero-order chi connectivity index (χ0) is 26.0. The van der Waals surface area contributed by atoms with E-state index in [1.165, 1.54) is 17.0 Å². The number of hydrogen-bond donors (Lipinski definition) is 1. The number of nitrogens with zero attached hydrogens (tertiary/aromatic N) is 1. The van der Waals surface area contributed by atoms with Crippen molar-refractivity contribution in [1.82, 2.24) is 4.90 Å². The van der Waals surface area contributed by atoms with E-state index in [0.29, 0.717) is 23.3 Å². The Balaban J connectivity index is 1.86. The standard InChI is InChI=1S/C30H30FNO4/c1-5-36-25-14-11-22(16-24(25)18(2)3)28(33)26-27(21-8-6-7-19(4)15-21)32(30(35)29(26)34)17-20-9-12-23(31)13-10-20/h6-16,18,27,33H,5,17H2,1-4H3/b28-26-. The molecule has 1 fully saturated rings. The maximum absolute atomic E-state index is 13.5. The molecule has 3 aromatic rings. The van der Waals surface area contributed by atoms with Crippen LogP contribution in [0.25, 0.3) is 5.76 Å². The van der Waals surface area contributed by atoms with E-state index in [0.717, 1.165) is 16.9 Å². The number of ether oxygens (including phenoxy) is 1. The Morgan fingerprint density at radius 3 is 2.42 bits per heavy atom. The molecule has 1 saturated heterocycles. The number of carbonyl (C=O) groups excluding carboxylic acids is 2. The highest BCUT2D eigenvalue weighted by atomic mass is 19.1. The molecular formula is C30H30FNO4. The van der Waals surface area contributed by atoms with Crippen molar-refractivity contribution in [2.24, 2.45) is 0 Å². The first kappa shape index (κ1) is 25.2. The fourth-order valence-electron chi connectivity index (χ4n) is 4.61. The number of aliphatic hydroxyl groups is 1. The Morgan fingerprint density at radius 2 is 1.78 bits per heavy atom. The van der Waals surface area contributed by atoms with Gasteiger partial charge in [0.25, 0.3) is 11.7 Å². The second-order valence-corrected chi connectivity index (χ2v) is 9.31. The van der Waals surface area contributed by atoms with E-state index >= 15 is 0 Å². The lowest BCUT2D eigenvalue weighted by Gasteiger charge is -2.26. The minimum absolute atomic E-state index is 0.0339. The molecular weight excluding hydrogens is 457 g/mol. The molecule has 0 aromatic heterocycles. The number of rotatable bonds is 7. The number of likely N-dealkylation sites (tertiary alicyclic amines) is 1. The monoisotopic (exact) mass is 487 g/mol. The molecule has 0 bridgehead atoms. The van der Waals surface area contributed by atoms with Gasteiger partial charge in [-0.05, 0) is 66.8 Å². The molecule has 0 radical (unpaired) electrons. The average Bonchev–Trinajstić information content (AvgIpc) is 3.10. The van der Waals surface area contributed by atoms with Crippen LogP contribution in [0, 0.1) is 12.7 Å². The minimum Gasteiger partial charge on any atom is -0.507 e. The van der Waals surface area contributed by atoms with Crippen molar-refractivity contribution in [2.45, 2.75) is 46.2 Å². The smallest absolute Gasteiger partial charge is 0.295 e. The van der Waals surface area contributed by atoms with Crippen LogP contribution in [0.15, 0.2) is 72.3 Å². The molecule has 0 aliphatic carbocycles. The number of carbonyl (C=O) groups is 2. The molecule has 3 aromatic carbocycles. The maximum atomic E-state index is 13.5. The van der Waals surface area contributed by atoms with Crippen LogP contribution in [0.5, 0.6) is 5.75 Å². The van der Waals surface area contributed by atoms with Gasteiger partial charge in [-0.1, -0.05) is 55.8 Å². The lowest BCUT2D eigenvalue weighted by atomic mass is 9.92. The maximum Gasteiger partial charge on any atom is 0.295 e. The predicted octanol–water partition coefficient (Wildman–Crippen LogP) is 6.28. The van der Waals surface area contributed by atoms with Gasteiger partial charge in [0.1, 0.15) is 17.3 Å². The van der Waals surface area contributed by atoms with E-state index in [1.807, 2.05) is 58.0 Å². The number of Topliss-reactive ketones (excluding diaryl/α,β-unsaturated/α-hetero) is 1. The van der Waals surface area contributed by atoms with Gasteiger partial charge in [0.05, 0.1) is 18.2 Å². The van der Waals surface area contributed by atoms with Crippen molar-refractivity contribution in [2.75, 3.05) is 6.61 Å². The van der Waals surface area contributed by atoms with E-state index in [9.17, 15) is 19.1 Å². The van der Waals surface area contributed by atoms with Gasteiger partial charge in [-0.25, -0.2) is 4.39 Å². The molecule has 6 heteroatoms. The molecule has 1 aliphatic rings. The van der Waals surface area contributed by atoms with E-state index < -0.39 is 17.7 Å². The molecule has 186 valence electrons. The topological polar surface area (TPSA) is 66.8 Å².